The van der Waals surface area contributed by atoms with Gasteiger partial charge in [-0.05, 0) is 53.6 Å². The maximum atomic E-state index is 14.6. The van der Waals surface area contributed by atoms with E-state index >= 15 is 0 Å². The van der Waals surface area contributed by atoms with Crippen molar-refractivity contribution in [2.45, 2.75) is 5.41 Å². The van der Waals surface area contributed by atoms with Crippen LogP contribution in [0.5, 0.6) is 11.5 Å². The lowest BCUT2D eigenvalue weighted by Gasteiger charge is -2.41. The van der Waals surface area contributed by atoms with E-state index in [0.717, 1.165) is 33.8 Å². The van der Waals surface area contributed by atoms with E-state index in [4.69, 9.17) is 16.3 Å². The molecule has 0 radical (unpaired) electrons. The number of fused-ring (bicyclic) bond motifs is 2. The molecule has 1 heterocycles. The molecule has 0 spiro atoms. The van der Waals surface area contributed by atoms with Crippen LogP contribution in [0.1, 0.15) is 22.3 Å². The third-order valence-corrected chi connectivity index (χ3v) is 6.05. The first kappa shape index (κ1) is 18.4. The van der Waals surface area contributed by atoms with Crippen molar-refractivity contribution in [3.8, 4) is 11.5 Å². The lowest BCUT2D eigenvalue weighted by Crippen LogP contribution is -2.34. The molecule has 0 atom stereocenters. The molecular weight excluding hydrogens is 451 g/mol. The molecule has 0 N–H and O–H groups in total. The zero-order valence-electron chi connectivity index (χ0n) is 15.2. The van der Waals surface area contributed by atoms with Crippen molar-refractivity contribution >= 4 is 27.5 Å². The average Bonchev–Trinajstić information content (AvgIpc) is 2.71. The zero-order chi connectivity index (χ0) is 20.0. The van der Waals surface area contributed by atoms with E-state index in [9.17, 15) is 4.39 Å². The van der Waals surface area contributed by atoms with Crippen molar-refractivity contribution < 1.29 is 9.13 Å². The second-order valence-corrected chi connectivity index (χ2v) is 8.36. The van der Waals surface area contributed by atoms with Gasteiger partial charge in [-0.15, -0.1) is 0 Å². The van der Waals surface area contributed by atoms with E-state index in [1.807, 2.05) is 78.9 Å². The van der Waals surface area contributed by atoms with Gasteiger partial charge in [-0.2, -0.15) is 0 Å². The van der Waals surface area contributed by atoms with Gasteiger partial charge < -0.3 is 4.74 Å². The largest absolute Gasteiger partial charge is 0.457 e. The second-order valence-electron chi connectivity index (χ2n) is 7.01. The van der Waals surface area contributed by atoms with Gasteiger partial charge in [0.15, 0.2) is 0 Å². The van der Waals surface area contributed by atoms with Crippen molar-refractivity contribution in [2.75, 3.05) is 0 Å². The van der Waals surface area contributed by atoms with Crippen LogP contribution in [0.2, 0.25) is 5.02 Å². The van der Waals surface area contributed by atoms with Crippen LogP contribution >= 0.6 is 27.5 Å². The Morgan fingerprint density at radius 2 is 1.38 bits per heavy atom. The van der Waals surface area contributed by atoms with Crippen molar-refractivity contribution in [3.63, 3.8) is 0 Å². The lowest BCUT2D eigenvalue weighted by molar-refractivity contribution is 0.434. The minimum absolute atomic E-state index is 0.308. The Kier molecular flexibility index (Phi) is 4.45. The first-order chi connectivity index (χ1) is 14.1. The summed E-state index contributed by atoms with van der Waals surface area (Å²) in [6.45, 7) is 0. The predicted molar refractivity (Wildman–Crippen MR) is 117 cm³/mol. The number of halogens is 3. The summed E-state index contributed by atoms with van der Waals surface area (Å²) in [4.78, 5) is 0. The van der Waals surface area contributed by atoms with E-state index in [1.54, 1.807) is 6.07 Å². The average molecular weight is 466 g/mol. The van der Waals surface area contributed by atoms with Crippen LogP contribution in [-0.2, 0) is 5.41 Å². The normalized spacial score (nSPS) is 13.9. The minimum Gasteiger partial charge on any atom is -0.457 e. The van der Waals surface area contributed by atoms with Gasteiger partial charge >= 0.3 is 0 Å². The Bertz CT molecular complexity index is 1170. The molecule has 4 aromatic rings. The summed E-state index contributed by atoms with van der Waals surface area (Å²) in [6, 6.07) is 28.5. The molecule has 1 aliphatic heterocycles. The molecule has 0 fully saturated rings. The molecule has 1 nitrogen and oxygen atoms in total. The van der Waals surface area contributed by atoms with E-state index in [0.29, 0.717) is 9.50 Å². The van der Waals surface area contributed by atoms with Gasteiger partial charge in [-0.25, -0.2) is 4.39 Å². The summed E-state index contributed by atoms with van der Waals surface area (Å²) in [7, 11) is 0. The number of benzene rings is 4. The molecule has 4 aromatic carbocycles. The van der Waals surface area contributed by atoms with Crippen LogP contribution in [-0.4, -0.2) is 0 Å². The monoisotopic (exact) mass is 464 g/mol. The standard InChI is InChI=1S/C25H15BrClFO/c26-18-12-17(14-20(28)15-18)25(16-6-5-7-19(27)13-16)21-8-1-3-10-23(21)29-24-11-4-2-9-22(24)25/h1-15H. The van der Waals surface area contributed by atoms with Crippen LogP contribution < -0.4 is 4.74 Å². The molecule has 0 amide bonds. The van der Waals surface area contributed by atoms with Gasteiger partial charge in [0, 0.05) is 20.6 Å². The summed E-state index contributed by atoms with van der Waals surface area (Å²) >= 11 is 9.89. The van der Waals surface area contributed by atoms with Crippen LogP contribution in [0.15, 0.2) is 95.5 Å². The summed E-state index contributed by atoms with van der Waals surface area (Å²) in [5.74, 6) is 1.18. The highest BCUT2D eigenvalue weighted by Crippen LogP contribution is 2.55. The van der Waals surface area contributed by atoms with Crippen LogP contribution in [0.4, 0.5) is 4.39 Å². The molecular formula is C25H15BrClFO. The third kappa shape index (κ3) is 2.88. The van der Waals surface area contributed by atoms with Gasteiger partial charge in [-0.1, -0.05) is 76.1 Å². The maximum Gasteiger partial charge on any atom is 0.132 e. The van der Waals surface area contributed by atoms with Crippen LogP contribution in [0, 0.1) is 5.82 Å². The Hall–Kier alpha value is -2.62. The smallest absolute Gasteiger partial charge is 0.132 e. The fourth-order valence-corrected chi connectivity index (χ4v) is 4.93. The van der Waals surface area contributed by atoms with Crippen molar-refractivity contribution in [1.82, 2.24) is 0 Å². The quantitative estimate of drug-likeness (QED) is 0.259. The van der Waals surface area contributed by atoms with E-state index in [1.165, 1.54) is 6.07 Å². The van der Waals surface area contributed by atoms with Crippen molar-refractivity contribution in [3.05, 3.63) is 129 Å². The summed E-state index contributed by atoms with van der Waals surface area (Å²) < 4.78 is 21.5. The first-order valence-electron chi connectivity index (χ1n) is 9.18. The zero-order valence-corrected chi connectivity index (χ0v) is 17.5. The molecule has 4 heteroatoms. The first-order valence-corrected chi connectivity index (χ1v) is 10.4. The van der Waals surface area contributed by atoms with Gasteiger partial charge in [0.2, 0.25) is 0 Å². The molecule has 29 heavy (non-hydrogen) atoms. The van der Waals surface area contributed by atoms with Gasteiger partial charge in [0.1, 0.15) is 17.3 Å². The third-order valence-electron chi connectivity index (χ3n) is 5.36. The highest BCUT2D eigenvalue weighted by atomic mass is 79.9. The van der Waals surface area contributed by atoms with Gasteiger partial charge in [0.25, 0.3) is 0 Å². The van der Waals surface area contributed by atoms with Crippen molar-refractivity contribution in [2.24, 2.45) is 0 Å². The number of ether oxygens (including phenoxy) is 1. The number of hydrogen-bond donors (Lipinski definition) is 0. The summed E-state index contributed by atoms with van der Waals surface area (Å²) in [5, 5.41) is 0.624. The highest BCUT2D eigenvalue weighted by molar-refractivity contribution is 9.10. The van der Waals surface area contributed by atoms with E-state index in [2.05, 4.69) is 15.9 Å². The SMILES string of the molecule is Fc1cc(Br)cc(C2(c3cccc(Cl)c3)c3ccccc3Oc3ccccc32)c1. The number of para-hydroxylation sites is 2. The van der Waals surface area contributed by atoms with Crippen molar-refractivity contribution in [1.29, 1.82) is 0 Å². The Morgan fingerprint density at radius 3 is 2.00 bits per heavy atom. The molecule has 0 saturated heterocycles. The predicted octanol–water partition coefficient (Wildman–Crippen LogP) is 7.73. The summed E-state index contributed by atoms with van der Waals surface area (Å²) in [6.07, 6.45) is 0. The fourth-order valence-electron chi connectivity index (χ4n) is 4.28. The molecule has 142 valence electrons. The van der Waals surface area contributed by atoms with Gasteiger partial charge in [-0.3, -0.25) is 0 Å². The Morgan fingerprint density at radius 1 is 0.724 bits per heavy atom. The summed E-state index contributed by atoms with van der Waals surface area (Å²) in [5.41, 5.74) is 2.86. The number of hydrogen-bond acceptors (Lipinski definition) is 1. The molecule has 0 aromatic heterocycles. The topological polar surface area (TPSA) is 9.23 Å². The molecule has 0 saturated carbocycles. The molecule has 5 rings (SSSR count). The molecule has 0 bridgehead atoms. The Balaban J connectivity index is 1.99. The Labute approximate surface area is 181 Å². The van der Waals surface area contributed by atoms with E-state index < -0.39 is 5.41 Å². The molecule has 0 unspecified atom stereocenters. The molecule has 1 aliphatic rings. The van der Waals surface area contributed by atoms with Gasteiger partial charge in [0.05, 0.1) is 5.41 Å². The number of rotatable bonds is 2. The maximum absolute atomic E-state index is 14.6. The highest BCUT2D eigenvalue weighted by Gasteiger charge is 2.45. The van der Waals surface area contributed by atoms with Crippen LogP contribution in [0.25, 0.3) is 0 Å². The minimum atomic E-state index is -0.777. The van der Waals surface area contributed by atoms with E-state index in [-0.39, 0.29) is 5.82 Å². The fraction of sp³-hybridized carbons (Fsp3) is 0.0400. The molecule has 0 aliphatic carbocycles. The van der Waals surface area contributed by atoms with Crippen LogP contribution in [0.3, 0.4) is 0 Å². The lowest BCUT2D eigenvalue weighted by atomic mass is 9.63. The second kappa shape index (κ2) is 7.01.